The molecule has 1 aliphatic rings. The van der Waals surface area contributed by atoms with Crippen LogP contribution in [0.5, 0.6) is 0 Å². The van der Waals surface area contributed by atoms with Crippen LogP contribution in [0.25, 0.3) is 0 Å². The zero-order chi connectivity index (χ0) is 12.1. The highest BCUT2D eigenvalue weighted by Crippen LogP contribution is 2.33. The summed E-state index contributed by atoms with van der Waals surface area (Å²) in [6.07, 6.45) is 9.31. The number of pyridine rings is 1. The molecule has 0 aromatic carbocycles. The fraction of sp³-hybridized carbons (Fsp3) is 0.643. The summed E-state index contributed by atoms with van der Waals surface area (Å²) in [5, 5.41) is 3.40. The van der Waals surface area contributed by atoms with Crippen LogP contribution < -0.4 is 5.32 Å². The van der Waals surface area contributed by atoms with Crippen molar-refractivity contribution in [3.05, 3.63) is 29.8 Å². The molecule has 1 aromatic rings. The smallest absolute Gasteiger partial charge is 0.146 e. The van der Waals surface area contributed by atoms with Gasteiger partial charge in [0.15, 0.2) is 0 Å². The van der Waals surface area contributed by atoms with Gasteiger partial charge < -0.3 is 5.32 Å². The Bertz CT molecular complexity index is 348. The third-order valence-electron chi connectivity index (χ3n) is 3.67. The fourth-order valence-corrected chi connectivity index (χ4v) is 2.81. The summed E-state index contributed by atoms with van der Waals surface area (Å²) in [4.78, 5) is 3.82. The van der Waals surface area contributed by atoms with Crippen LogP contribution in [0.15, 0.2) is 18.5 Å². The monoisotopic (exact) mass is 236 g/mol. The third kappa shape index (κ3) is 3.25. The highest BCUT2D eigenvalue weighted by atomic mass is 19.1. The first-order valence-corrected chi connectivity index (χ1v) is 6.64. The molecule has 1 N–H and O–H groups in total. The SMILES string of the molecule is CCNC(CC1CCCC1)c1ccncc1F. The number of rotatable bonds is 5. The van der Waals surface area contributed by atoms with Crippen molar-refractivity contribution in [1.29, 1.82) is 0 Å². The minimum Gasteiger partial charge on any atom is -0.310 e. The topological polar surface area (TPSA) is 24.9 Å². The van der Waals surface area contributed by atoms with Gasteiger partial charge in [0.05, 0.1) is 6.20 Å². The number of aromatic nitrogens is 1. The first kappa shape index (κ1) is 12.5. The minimum atomic E-state index is -0.184. The predicted molar refractivity (Wildman–Crippen MR) is 67.2 cm³/mol. The molecule has 0 radical (unpaired) electrons. The standard InChI is InChI=1S/C14H21FN2/c1-2-17-14(9-11-5-3-4-6-11)12-7-8-16-10-13(12)15/h7-8,10-11,14,17H,2-6,9H2,1H3. The lowest BCUT2D eigenvalue weighted by Gasteiger charge is -2.22. The number of halogens is 1. The normalized spacial score (nSPS) is 18.5. The van der Waals surface area contributed by atoms with Crippen molar-refractivity contribution < 1.29 is 4.39 Å². The molecule has 0 amide bonds. The second-order valence-electron chi connectivity index (χ2n) is 4.89. The van der Waals surface area contributed by atoms with Crippen LogP contribution in [0.1, 0.15) is 50.6 Å². The van der Waals surface area contributed by atoms with Gasteiger partial charge in [0.25, 0.3) is 0 Å². The maximum absolute atomic E-state index is 13.7. The van der Waals surface area contributed by atoms with Crippen molar-refractivity contribution in [2.24, 2.45) is 5.92 Å². The molecule has 1 fully saturated rings. The zero-order valence-corrected chi connectivity index (χ0v) is 10.5. The maximum atomic E-state index is 13.7. The van der Waals surface area contributed by atoms with Crippen LogP contribution in [0.4, 0.5) is 4.39 Å². The van der Waals surface area contributed by atoms with Gasteiger partial charge in [0, 0.05) is 17.8 Å². The van der Waals surface area contributed by atoms with Crippen LogP contribution >= 0.6 is 0 Å². The molecule has 1 saturated carbocycles. The lowest BCUT2D eigenvalue weighted by Crippen LogP contribution is -2.24. The Kier molecular flexibility index (Phi) is 4.49. The summed E-state index contributed by atoms with van der Waals surface area (Å²) in [6.45, 7) is 2.94. The fourth-order valence-electron chi connectivity index (χ4n) is 2.81. The molecule has 3 heteroatoms. The number of nitrogens with one attached hydrogen (secondary N) is 1. The average molecular weight is 236 g/mol. The quantitative estimate of drug-likeness (QED) is 0.847. The molecule has 2 rings (SSSR count). The molecule has 0 spiro atoms. The number of hydrogen-bond donors (Lipinski definition) is 1. The van der Waals surface area contributed by atoms with Gasteiger partial charge >= 0.3 is 0 Å². The molecule has 1 atom stereocenters. The Balaban J connectivity index is 2.08. The molecule has 17 heavy (non-hydrogen) atoms. The van der Waals surface area contributed by atoms with Crippen LogP contribution in [0.2, 0.25) is 0 Å². The van der Waals surface area contributed by atoms with Gasteiger partial charge in [-0.2, -0.15) is 0 Å². The first-order valence-electron chi connectivity index (χ1n) is 6.64. The van der Waals surface area contributed by atoms with Crippen molar-refractivity contribution in [1.82, 2.24) is 10.3 Å². The molecule has 2 nitrogen and oxygen atoms in total. The zero-order valence-electron chi connectivity index (χ0n) is 10.5. The first-order chi connectivity index (χ1) is 8.31. The molecular formula is C14H21FN2. The van der Waals surface area contributed by atoms with Gasteiger partial charge in [-0.05, 0) is 24.9 Å². The highest BCUT2D eigenvalue weighted by molar-refractivity contribution is 5.17. The Morgan fingerprint density at radius 1 is 1.47 bits per heavy atom. The second-order valence-corrected chi connectivity index (χ2v) is 4.89. The second kappa shape index (κ2) is 6.10. The van der Waals surface area contributed by atoms with Gasteiger partial charge in [-0.3, -0.25) is 4.98 Å². The van der Waals surface area contributed by atoms with E-state index in [1.54, 1.807) is 12.3 Å². The largest absolute Gasteiger partial charge is 0.310 e. The minimum absolute atomic E-state index is 0.145. The van der Waals surface area contributed by atoms with Crippen LogP contribution in [-0.4, -0.2) is 11.5 Å². The van der Waals surface area contributed by atoms with Crippen LogP contribution in [-0.2, 0) is 0 Å². The molecule has 0 bridgehead atoms. The third-order valence-corrected chi connectivity index (χ3v) is 3.67. The molecule has 1 heterocycles. The van der Waals surface area contributed by atoms with Crippen LogP contribution in [0.3, 0.4) is 0 Å². The van der Waals surface area contributed by atoms with Gasteiger partial charge in [0.1, 0.15) is 5.82 Å². The van der Waals surface area contributed by atoms with E-state index in [0.717, 1.165) is 24.4 Å². The van der Waals surface area contributed by atoms with Gasteiger partial charge in [-0.1, -0.05) is 32.6 Å². The molecule has 94 valence electrons. The van der Waals surface area contributed by atoms with Gasteiger partial charge in [-0.15, -0.1) is 0 Å². The van der Waals surface area contributed by atoms with E-state index in [2.05, 4.69) is 17.2 Å². The molecular weight excluding hydrogens is 215 g/mol. The van der Waals surface area contributed by atoms with Crippen molar-refractivity contribution in [2.45, 2.75) is 45.1 Å². The Morgan fingerprint density at radius 3 is 2.88 bits per heavy atom. The molecule has 1 unspecified atom stereocenters. The summed E-state index contributed by atoms with van der Waals surface area (Å²) in [6, 6.07) is 1.95. The summed E-state index contributed by atoms with van der Waals surface area (Å²) in [5.74, 6) is 0.572. The van der Waals surface area contributed by atoms with Gasteiger partial charge in [0.2, 0.25) is 0 Å². The summed E-state index contributed by atoms with van der Waals surface area (Å²) >= 11 is 0. The van der Waals surface area contributed by atoms with Crippen molar-refractivity contribution in [3.63, 3.8) is 0 Å². The lowest BCUT2D eigenvalue weighted by atomic mass is 9.94. The summed E-state index contributed by atoms with van der Waals surface area (Å²) in [7, 11) is 0. The Morgan fingerprint density at radius 2 is 2.24 bits per heavy atom. The van der Waals surface area contributed by atoms with Crippen molar-refractivity contribution in [2.75, 3.05) is 6.54 Å². The number of nitrogens with zero attached hydrogens (tertiary/aromatic N) is 1. The van der Waals surface area contributed by atoms with Crippen molar-refractivity contribution in [3.8, 4) is 0 Å². The van der Waals surface area contributed by atoms with E-state index in [9.17, 15) is 4.39 Å². The molecule has 0 saturated heterocycles. The van der Waals surface area contributed by atoms with E-state index in [-0.39, 0.29) is 11.9 Å². The van der Waals surface area contributed by atoms with E-state index in [1.165, 1.54) is 31.9 Å². The highest BCUT2D eigenvalue weighted by Gasteiger charge is 2.22. The Hall–Kier alpha value is -0.960. The van der Waals surface area contributed by atoms with Crippen LogP contribution in [0, 0.1) is 11.7 Å². The van der Waals surface area contributed by atoms with E-state index < -0.39 is 0 Å². The molecule has 1 aromatic heterocycles. The summed E-state index contributed by atoms with van der Waals surface area (Å²) < 4.78 is 13.7. The van der Waals surface area contributed by atoms with E-state index >= 15 is 0 Å². The number of hydrogen-bond acceptors (Lipinski definition) is 2. The van der Waals surface area contributed by atoms with Gasteiger partial charge in [-0.25, -0.2) is 4.39 Å². The summed E-state index contributed by atoms with van der Waals surface area (Å²) in [5.41, 5.74) is 0.772. The average Bonchev–Trinajstić information content (AvgIpc) is 2.82. The van der Waals surface area contributed by atoms with Crippen molar-refractivity contribution >= 4 is 0 Å². The molecule has 1 aliphatic carbocycles. The molecule has 0 aliphatic heterocycles. The van der Waals surface area contributed by atoms with E-state index in [0.29, 0.717) is 0 Å². The predicted octanol–water partition coefficient (Wildman–Crippen LogP) is 3.45. The van der Waals surface area contributed by atoms with E-state index in [1.807, 2.05) is 0 Å². The lowest BCUT2D eigenvalue weighted by molar-refractivity contribution is 0.390. The van der Waals surface area contributed by atoms with E-state index in [4.69, 9.17) is 0 Å². The Labute approximate surface area is 103 Å². The maximum Gasteiger partial charge on any atom is 0.146 e.